The second-order valence-electron chi connectivity index (χ2n) is 7.73. The first kappa shape index (κ1) is 23.9. The normalized spacial score (nSPS) is 11.2. The number of carbonyl (C=O) groups is 1. The Balaban J connectivity index is 1.32. The summed E-state index contributed by atoms with van der Waals surface area (Å²) in [5.74, 6) is 0.0882. The Hall–Kier alpha value is -3.82. The Morgan fingerprint density at radius 3 is 2.53 bits per heavy atom. The lowest BCUT2D eigenvalue weighted by Crippen LogP contribution is -2.24. The van der Waals surface area contributed by atoms with E-state index in [9.17, 15) is 4.79 Å². The van der Waals surface area contributed by atoms with E-state index in [0.717, 1.165) is 32.4 Å². The molecule has 0 bridgehead atoms. The summed E-state index contributed by atoms with van der Waals surface area (Å²) in [4.78, 5) is 16.9. The van der Waals surface area contributed by atoms with Crippen LogP contribution in [0.1, 0.15) is 5.56 Å². The molecule has 0 aliphatic rings. The van der Waals surface area contributed by atoms with E-state index >= 15 is 0 Å². The van der Waals surface area contributed by atoms with Crippen molar-refractivity contribution < 1.29 is 9.53 Å². The smallest absolute Gasteiger partial charge is 0.277 e. The van der Waals surface area contributed by atoms with Crippen LogP contribution in [-0.4, -0.2) is 33.5 Å². The standard InChI is InChI=1S/C27H19Br2N5O2/c28-22-14-23(29)27(26-21(22)12-7-13-30-26)36-17-24(35)32-31-15-19-16-34(20-10-5-2-6-11-20)33-25(19)18-8-3-1-4-9-18/h1-16H,17H2,(H,32,35)/b31-15+. The molecule has 1 amide bonds. The Morgan fingerprint density at radius 1 is 1.00 bits per heavy atom. The average Bonchev–Trinajstić information content (AvgIpc) is 3.34. The van der Waals surface area contributed by atoms with Crippen molar-refractivity contribution in [2.45, 2.75) is 0 Å². The van der Waals surface area contributed by atoms with Crippen molar-refractivity contribution in [1.29, 1.82) is 0 Å². The van der Waals surface area contributed by atoms with Gasteiger partial charge in [0.25, 0.3) is 5.91 Å². The van der Waals surface area contributed by atoms with Gasteiger partial charge in [0.15, 0.2) is 12.4 Å². The third-order valence-electron chi connectivity index (χ3n) is 5.30. The van der Waals surface area contributed by atoms with Crippen LogP contribution in [0.5, 0.6) is 5.75 Å². The predicted octanol–water partition coefficient (Wildman–Crippen LogP) is 6.14. The zero-order valence-electron chi connectivity index (χ0n) is 18.8. The van der Waals surface area contributed by atoms with Gasteiger partial charge in [0.05, 0.1) is 16.4 Å². The number of benzene rings is 3. The summed E-state index contributed by atoms with van der Waals surface area (Å²) in [6.45, 7) is -0.224. The van der Waals surface area contributed by atoms with Crippen molar-refractivity contribution in [1.82, 2.24) is 20.2 Å². The minimum atomic E-state index is -0.401. The Bertz CT molecular complexity index is 1550. The molecule has 3 aromatic carbocycles. The molecule has 0 radical (unpaired) electrons. The first-order chi connectivity index (χ1) is 17.6. The van der Waals surface area contributed by atoms with Crippen LogP contribution < -0.4 is 10.2 Å². The fourth-order valence-electron chi connectivity index (χ4n) is 3.64. The molecule has 0 atom stereocenters. The average molecular weight is 605 g/mol. The molecule has 0 saturated heterocycles. The second-order valence-corrected chi connectivity index (χ2v) is 9.44. The van der Waals surface area contributed by atoms with E-state index in [0.29, 0.717) is 15.7 Å². The highest BCUT2D eigenvalue weighted by atomic mass is 79.9. The number of aromatic nitrogens is 3. The van der Waals surface area contributed by atoms with Crippen molar-refractivity contribution in [3.05, 3.63) is 106 Å². The molecule has 0 aliphatic heterocycles. The van der Waals surface area contributed by atoms with Crippen LogP contribution in [0.3, 0.4) is 0 Å². The highest BCUT2D eigenvalue weighted by molar-refractivity contribution is 9.11. The molecule has 2 aromatic heterocycles. The van der Waals surface area contributed by atoms with E-state index in [1.54, 1.807) is 17.1 Å². The number of ether oxygens (including phenoxy) is 1. The molecule has 0 spiro atoms. The second kappa shape index (κ2) is 10.8. The van der Waals surface area contributed by atoms with Gasteiger partial charge in [-0.3, -0.25) is 9.78 Å². The van der Waals surface area contributed by atoms with E-state index in [4.69, 9.17) is 9.84 Å². The maximum absolute atomic E-state index is 12.5. The molecular weight excluding hydrogens is 586 g/mol. The summed E-state index contributed by atoms with van der Waals surface area (Å²) >= 11 is 7.01. The van der Waals surface area contributed by atoms with Gasteiger partial charge in [-0.25, -0.2) is 10.1 Å². The van der Waals surface area contributed by atoms with Gasteiger partial charge in [-0.05, 0) is 40.2 Å². The largest absolute Gasteiger partial charge is 0.480 e. The third-order valence-corrected chi connectivity index (χ3v) is 6.55. The van der Waals surface area contributed by atoms with Crippen LogP contribution in [0.15, 0.2) is 105 Å². The number of nitrogens with one attached hydrogen (secondary N) is 1. The fraction of sp³-hybridized carbons (Fsp3) is 0.0370. The Kier molecular flexibility index (Phi) is 7.20. The van der Waals surface area contributed by atoms with Gasteiger partial charge in [-0.1, -0.05) is 70.5 Å². The number of halogens is 2. The molecular formula is C27H19Br2N5O2. The summed E-state index contributed by atoms with van der Waals surface area (Å²) in [6.07, 6.45) is 5.14. The van der Waals surface area contributed by atoms with E-state index < -0.39 is 5.91 Å². The Labute approximate surface area is 224 Å². The van der Waals surface area contributed by atoms with Crippen molar-refractivity contribution in [2.75, 3.05) is 6.61 Å². The van der Waals surface area contributed by atoms with E-state index in [-0.39, 0.29) is 6.61 Å². The minimum Gasteiger partial charge on any atom is -0.480 e. The number of amides is 1. The van der Waals surface area contributed by atoms with Crippen LogP contribution in [-0.2, 0) is 4.79 Å². The molecule has 2 heterocycles. The summed E-state index contributed by atoms with van der Waals surface area (Å²) < 4.78 is 9.15. The van der Waals surface area contributed by atoms with Gasteiger partial charge in [-0.2, -0.15) is 10.2 Å². The maximum Gasteiger partial charge on any atom is 0.277 e. The highest BCUT2D eigenvalue weighted by Crippen LogP contribution is 2.37. The van der Waals surface area contributed by atoms with Gasteiger partial charge in [-0.15, -0.1) is 0 Å². The lowest BCUT2D eigenvalue weighted by Gasteiger charge is -2.11. The van der Waals surface area contributed by atoms with E-state index in [1.807, 2.05) is 85.1 Å². The van der Waals surface area contributed by atoms with Gasteiger partial charge in [0.1, 0.15) is 11.2 Å². The highest BCUT2D eigenvalue weighted by Gasteiger charge is 2.14. The molecule has 0 fully saturated rings. The molecule has 5 aromatic rings. The summed E-state index contributed by atoms with van der Waals surface area (Å²) in [5, 5.41) is 9.78. The summed E-state index contributed by atoms with van der Waals surface area (Å²) in [7, 11) is 0. The molecule has 1 N–H and O–H groups in total. The quantitative estimate of drug-likeness (QED) is 0.179. The summed E-state index contributed by atoms with van der Waals surface area (Å²) in [6, 6.07) is 25.3. The third kappa shape index (κ3) is 5.22. The number of hydrogen-bond donors (Lipinski definition) is 1. The lowest BCUT2D eigenvalue weighted by atomic mass is 10.1. The van der Waals surface area contributed by atoms with Crippen molar-refractivity contribution in [2.24, 2.45) is 5.10 Å². The maximum atomic E-state index is 12.5. The van der Waals surface area contributed by atoms with Gasteiger partial charge < -0.3 is 4.74 Å². The van der Waals surface area contributed by atoms with E-state index in [1.165, 1.54) is 0 Å². The fourth-order valence-corrected chi connectivity index (χ4v) is 5.03. The van der Waals surface area contributed by atoms with Crippen molar-refractivity contribution >= 4 is 54.9 Å². The zero-order chi connectivity index (χ0) is 24.9. The van der Waals surface area contributed by atoms with Gasteiger partial charge in [0.2, 0.25) is 0 Å². The number of fused-ring (bicyclic) bond motifs is 1. The van der Waals surface area contributed by atoms with Crippen LogP contribution in [0.2, 0.25) is 0 Å². The van der Waals surface area contributed by atoms with Gasteiger partial charge in [0, 0.05) is 33.4 Å². The summed E-state index contributed by atoms with van der Waals surface area (Å²) in [5.41, 5.74) is 6.57. The molecule has 0 aliphatic carbocycles. The van der Waals surface area contributed by atoms with Crippen molar-refractivity contribution in [3.63, 3.8) is 0 Å². The van der Waals surface area contributed by atoms with Crippen LogP contribution in [0, 0.1) is 0 Å². The first-order valence-electron chi connectivity index (χ1n) is 11.0. The number of rotatable bonds is 7. The monoisotopic (exact) mass is 603 g/mol. The SMILES string of the molecule is O=C(COc1c(Br)cc(Br)c2cccnc12)N/N=C/c1cn(-c2ccccc2)nc1-c1ccccc1. The van der Waals surface area contributed by atoms with Crippen LogP contribution in [0.4, 0.5) is 0 Å². The molecule has 0 saturated carbocycles. The first-order valence-corrected chi connectivity index (χ1v) is 12.6. The van der Waals surface area contributed by atoms with Gasteiger partial charge >= 0.3 is 0 Å². The molecule has 5 rings (SSSR count). The van der Waals surface area contributed by atoms with E-state index in [2.05, 4.69) is 47.4 Å². The number of para-hydroxylation sites is 1. The van der Waals surface area contributed by atoms with Crippen molar-refractivity contribution in [3.8, 4) is 22.7 Å². The predicted molar refractivity (Wildman–Crippen MR) is 147 cm³/mol. The number of pyridine rings is 1. The van der Waals surface area contributed by atoms with Crippen LogP contribution >= 0.6 is 31.9 Å². The molecule has 36 heavy (non-hydrogen) atoms. The zero-order valence-corrected chi connectivity index (χ0v) is 22.0. The number of nitrogens with zero attached hydrogens (tertiary/aromatic N) is 4. The minimum absolute atomic E-state index is 0.224. The Morgan fingerprint density at radius 2 is 1.75 bits per heavy atom. The molecule has 9 heteroatoms. The number of carbonyl (C=O) groups excluding carboxylic acids is 1. The molecule has 0 unspecified atom stereocenters. The topological polar surface area (TPSA) is 81.4 Å². The number of hydrogen-bond acceptors (Lipinski definition) is 5. The van der Waals surface area contributed by atoms with Crippen LogP contribution in [0.25, 0.3) is 27.8 Å². The molecule has 7 nitrogen and oxygen atoms in total. The number of hydrazone groups is 1. The molecule has 178 valence electrons. The lowest BCUT2D eigenvalue weighted by molar-refractivity contribution is -0.123.